The Bertz CT molecular complexity index is 499. The van der Waals surface area contributed by atoms with Gasteiger partial charge in [-0.2, -0.15) is 0 Å². The standard InChI is InChI=1S/C12H7BrClIO/c13-11-7-10(5-6-12(11)15)16-9-3-1-8(14)2-4-9/h1-7H. The molecule has 0 N–H and O–H groups in total. The second-order valence-electron chi connectivity index (χ2n) is 3.13. The lowest BCUT2D eigenvalue weighted by atomic mass is 10.3. The zero-order valence-corrected chi connectivity index (χ0v) is 12.6. The van der Waals surface area contributed by atoms with E-state index in [1.807, 2.05) is 30.3 Å². The second kappa shape index (κ2) is 5.38. The minimum atomic E-state index is 0.705. The number of benzene rings is 2. The van der Waals surface area contributed by atoms with Crippen molar-refractivity contribution in [3.05, 3.63) is 55.5 Å². The van der Waals surface area contributed by atoms with E-state index in [4.69, 9.17) is 16.3 Å². The van der Waals surface area contributed by atoms with Gasteiger partial charge in [0.25, 0.3) is 0 Å². The third-order valence-corrected chi connectivity index (χ3v) is 4.53. The quantitative estimate of drug-likeness (QED) is 0.595. The molecule has 4 heteroatoms. The summed E-state index contributed by atoms with van der Waals surface area (Å²) >= 11 is 11.5. The van der Waals surface area contributed by atoms with Crippen molar-refractivity contribution in [3.8, 4) is 11.5 Å². The first-order valence-electron chi connectivity index (χ1n) is 4.53. The summed E-state index contributed by atoms with van der Waals surface area (Å²) in [4.78, 5) is 0. The molecule has 0 aliphatic rings. The minimum Gasteiger partial charge on any atom is -0.457 e. The summed E-state index contributed by atoms with van der Waals surface area (Å²) in [5, 5.41) is 0.705. The Morgan fingerprint density at radius 2 is 1.62 bits per heavy atom. The van der Waals surface area contributed by atoms with Crippen LogP contribution < -0.4 is 4.74 Å². The third-order valence-electron chi connectivity index (χ3n) is 1.94. The van der Waals surface area contributed by atoms with Crippen LogP contribution in [0.5, 0.6) is 11.5 Å². The Hall–Kier alpha value is -0.260. The first-order valence-corrected chi connectivity index (χ1v) is 6.78. The number of hydrogen-bond acceptors (Lipinski definition) is 1. The van der Waals surface area contributed by atoms with Crippen LogP contribution in [-0.4, -0.2) is 0 Å². The van der Waals surface area contributed by atoms with Crippen LogP contribution in [0.2, 0.25) is 5.02 Å². The Kier molecular flexibility index (Phi) is 4.10. The summed E-state index contributed by atoms with van der Waals surface area (Å²) in [6.07, 6.45) is 0. The smallest absolute Gasteiger partial charge is 0.128 e. The lowest BCUT2D eigenvalue weighted by Crippen LogP contribution is -1.84. The molecule has 0 spiro atoms. The zero-order chi connectivity index (χ0) is 11.5. The highest BCUT2D eigenvalue weighted by molar-refractivity contribution is 14.1. The molecule has 2 aromatic carbocycles. The molecule has 0 heterocycles. The Morgan fingerprint density at radius 3 is 2.25 bits per heavy atom. The highest BCUT2D eigenvalue weighted by Crippen LogP contribution is 2.28. The summed E-state index contributed by atoms with van der Waals surface area (Å²) in [6.45, 7) is 0. The molecule has 0 saturated carbocycles. The van der Waals surface area contributed by atoms with Gasteiger partial charge in [0, 0.05) is 13.1 Å². The molecule has 0 saturated heterocycles. The van der Waals surface area contributed by atoms with Crippen molar-refractivity contribution in [2.75, 3.05) is 0 Å². The Labute approximate surface area is 121 Å². The normalized spacial score (nSPS) is 10.2. The number of rotatable bonds is 2. The summed E-state index contributed by atoms with van der Waals surface area (Å²) in [5.41, 5.74) is 0. The summed E-state index contributed by atoms with van der Waals surface area (Å²) in [7, 11) is 0. The highest BCUT2D eigenvalue weighted by atomic mass is 127. The lowest BCUT2D eigenvalue weighted by Gasteiger charge is -2.06. The van der Waals surface area contributed by atoms with Crippen molar-refractivity contribution >= 4 is 50.1 Å². The first kappa shape index (κ1) is 12.2. The zero-order valence-electron chi connectivity index (χ0n) is 8.08. The SMILES string of the molecule is Clc1ccc(Oc2ccc(I)c(Br)c2)cc1. The number of ether oxygens (including phenoxy) is 1. The van der Waals surface area contributed by atoms with E-state index in [1.165, 1.54) is 0 Å². The average Bonchev–Trinajstić information content (AvgIpc) is 2.27. The van der Waals surface area contributed by atoms with Gasteiger partial charge in [-0.05, 0) is 81.0 Å². The van der Waals surface area contributed by atoms with Crippen molar-refractivity contribution in [2.24, 2.45) is 0 Å². The topological polar surface area (TPSA) is 9.23 Å². The van der Waals surface area contributed by atoms with Crippen molar-refractivity contribution in [1.29, 1.82) is 0 Å². The fourth-order valence-electron chi connectivity index (χ4n) is 1.18. The molecule has 0 aliphatic heterocycles. The van der Waals surface area contributed by atoms with E-state index in [0.717, 1.165) is 19.5 Å². The van der Waals surface area contributed by atoms with Crippen LogP contribution in [0.15, 0.2) is 46.9 Å². The molecule has 0 aliphatic carbocycles. The molecular formula is C12H7BrClIO. The van der Waals surface area contributed by atoms with E-state index in [9.17, 15) is 0 Å². The van der Waals surface area contributed by atoms with Crippen molar-refractivity contribution in [1.82, 2.24) is 0 Å². The molecule has 0 aromatic heterocycles. The van der Waals surface area contributed by atoms with Gasteiger partial charge in [-0.15, -0.1) is 0 Å². The summed E-state index contributed by atoms with van der Waals surface area (Å²) in [6, 6.07) is 13.2. The molecule has 2 rings (SSSR count). The molecule has 16 heavy (non-hydrogen) atoms. The van der Waals surface area contributed by atoms with Crippen molar-refractivity contribution in [3.63, 3.8) is 0 Å². The molecular weight excluding hydrogens is 402 g/mol. The first-order chi connectivity index (χ1) is 7.65. The monoisotopic (exact) mass is 408 g/mol. The molecule has 82 valence electrons. The number of hydrogen-bond donors (Lipinski definition) is 0. The van der Waals surface area contributed by atoms with Gasteiger partial charge in [0.05, 0.1) is 0 Å². The van der Waals surface area contributed by atoms with E-state index >= 15 is 0 Å². The van der Waals surface area contributed by atoms with Gasteiger partial charge >= 0.3 is 0 Å². The van der Waals surface area contributed by atoms with E-state index in [-0.39, 0.29) is 0 Å². The molecule has 1 nitrogen and oxygen atoms in total. The molecule has 0 fully saturated rings. The van der Waals surface area contributed by atoms with Crippen molar-refractivity contribution in [2.45, 2.75) is 0 Å². The largest absolute Gasteiger partial charge is 0.457 e. The van der Waals surface area contributed by atoms with E-state index in [2.05, 4.69) is 38.5 Å². The van der Waals surface area contributed by atoms with E-state index in [0.29, 0.717) is 5.02 Å². The molecule has 2 aromatic rings. The maximum absolute atomic E-state index is 5.80. The summed E-state index contributed by atoms with van der Waals surface area (Å²) < 4.78 is 7.86. The van der Waals surface area contributed by atoms with Gasteiger partial charge in [0.15, 0.2) is 0 Å². The van der Waals surface area contributed by atoms with Gasteiger partial charge in [-0.1, -0.05) is 11.6 Å². The highest BCUT2D eigenvalue weighted by Gasteiger charge is 2.01. The van der Waals surface area contributed by atoms with Crippen LogP contribution in [0.3, 0.4) is 0 Å². The average molecular weight is 409 g/mol. The van der Waals surface area contributed by atoms with Crippen LogP contribution in [0, 0.1) is 3.57 Å². The van der Waals surface area contributed by atoms with Gasteiger partial charge in [-0.25, -0.2) is 0 Å². The molecule has 0 atom stereocenters. The van der Waals surface area contributed by atoms with Crippen molar-refractivity contribution < 1.29 is 4.74 Å². The van der Waals surface area contributed by atoms with E-state index in [1.54, 1.807) is 12.1 Å². The molecule has 0 bridgehead atoms. The van der Waals surface area contributed by atoms with Crippen LogP contribution in [0.1, 0.15) is 0 Å². The van der Waals surface area contributed by atoms with Gasteiger partial charge in [0.2, 0.25) is 0 Å². The van der Waals surface area contributed by atoms with Crippen LogP contribution in [0.4, 0.5) is 0 Å². The minimum absolute atomic E-state index is 0.705. The van der Waals surface area contributed by atoms with Crippen LogP contribution in [0.25, 0.3) is 0 Å². The van der Waals surface area contributed by atoms with Crippen LogP contribution in [-0.2, 0) is 0 Å². The van der Waals surface area contributed by atoms with Crippen LogP contribution >= 0.6 is 50.1 Å². The predicted molar refractivity (Wildman–Crippen MR) is 78.4 cm³/mol. The van der Waals surface area contributed by atoms with E-state index < -0.39 is 0 Å². The predicted octanol–water partition coefficient (Wildman–Crippen LogP) is 5.50. The fraction of sp³-hybridized carbons (Fsp3) is 0. The lowest BCUT2D eigenvalue weighted by molar-refractivity contribution is 0.482. The maximum atomic E-state index is 5.80. The second-order valence-corrected chi connectivity index (χ2v) is 5.58. The molecule has 0 unspecified atom stereocenters. The third kappa shape index (κ3) is 3.12. The van der Waals surface area contributed by atoms with Gasteiger partial charge in [0.1, 0.15) is 11.5 Å². The van der Waals surface area contributed by atoms with Gasteiger partial charge < -0.3 is 4.74 Å². The molecule has 0 radical (unpaired) electrons. The van der Waals surface area contributed by atoms with Gasteiger partial charge in [-0.3, -0.25) is 0 Å². The summed E-state index contributed by atoms with van der Waals surface area (Å²) in [5.74, 6) is 1.58. The maximum Gasteiger partial charge on any atom is 0.128 e. The Morgan fingerprint density at radius 1 is 1.00 bits per heavy atom. The Balaban J connectivity index is 2.20. The fourth-order valence-corrected chi connectivity index (χ4v) is 2.00. The number of halogens is 3. The molecule has 0 amide bonds.